The van der Waals surface area contributed by atoms with Crippen LogP contribution in [0.25, 0.3) is 6.08 Å². The van der Waals surface area contributed by atoms with Crippen LogP contribution in [0.3, 0.4) is 0 Å². The molecule has 106 valence electrons. The number of nitro benzene ring substituents is 1. The van der Waals surface area contributed by atoms with Crippen LogP contribution in [-0.4, -0.2) is 10.7 Å². The van der Waals surface area contributed by atoms with Crippen molar-refractivity contribution in [1.82, 2.24) is 0 Å². The molecule has 0 atom stereocenters. The highest BCUT2D eigenvalue weighted by Gasteiger charge is 2.11. The standard InChI is InChI=1S/C15H9Cl2NO3/c16-12-3-1-2-11(9-12)15(19)7-5-10-4-6-13(17)14(8-10)18(20)21/h1-9H/b7-5+. The van der Waals surface area contributed by atoms with Gasteiger partial charge in [-0.1, -0.05) is 47.5 Å². The van der Waals surface area contributed by atoms with Crippen molar-refractivity contribution in [2.24, 2.45) is 0 Å². The molecule has 0 spiro atoms. The van der Waals surface area contributed by atoms with Crippen LogP contribution >= 0.6 is 23.2 Å². The summed E-state index contributed by atoms with van der Waals surface area (Å²) in [6, 6.07) is 10.9. The lowest BCUT2D eigenvalue weighted by atomic mass is 10.1. The first-order valence-corrected chi connectivity index (χ1v) is 6.65. The minimum Gasteiger partial charge on any atom is -0.289 e. The third-order valence-corrected chi connectivity index (χ3v) is 3.26. The first-order valence-electron chi connectivity index (χ1n) is 5.89. The summed E-state index contributed by atoms with van der Waals surface area (Å²) in [4.78, 5) is 22.2. The van der Waals surface area contributed by atoms with Gasteiger partial charge in [-0.3, -0.25) is 14.9 Å². The predicted molar refractivity (Wildman–Crippen MR) is 82.9 cm³/mol. The van der Waals surface area contributed by atoms with E-state index in [-0.39, 0.29) is 16.5 Å². The van der Waals surface area contributed by atoms with Crippen molar-refractivity contribution in [2.45, 2.75) is 0 Å². The normalized spacial score (nSPS) is 10.8. The average Bonchev–Trinajstić information content (AvgIpc) is 2.45. The molecule has 0 aromatic heterocycles. The first-order chi connectivity index (χ1) is 9.97. The van der Waals surface area contributed by atoms with Gasteiger partial charge in [0.05, 0.1) is 4.92 Å². The monoisotopic (exact) mass is 321 g/mol. The number of ketones is 1. The van der Waals surface area contributed by atoms with Crippen LogP contribution in [-0.2, 0) is 0 Å². The van der Waals surface area contributed by atoms with E-state index >= 15 is 0 Å². The Hall–Kier alpha value is -2.17. The number of nitrogens with zero attached hydrogens (tertiary/aromatic N) is 1. The maximum atomic E-state index is 12.0. The van der Waals surface area contributed by atoms with Crippen LogP contribution in [0.1, 0.15) is 15.9 Å². The fourth-order valence-electron chi connectivity index (χ4n) is 1.68. The number of carbonyl (C=O) groups excluding carboxylic acids is 1. The molecule has 2 aromatic rings. The van der Waals surface area contributed by atoms with Crippen LogP contribution in [0.15, 0.2) is 48.5 Å². The average molecular weight is 322 g/mol. The van der Waals surface area contributed by atoms with Crippen LogP contribution in [0.2, 0.25) is 10.0 Å². The molecule has 0 N–H and O–H groups in total. The molecular formula is C15H9Cl2NO3. The van der Waals surface area contributed by atoms with Crippen molar-refractivity contribution < 1.29 is 9.72 Å². The van der Waals surface area contributed by atoms with Gasteiger partial charge in [0.15, 0.2) is 5.78 Å². The fourth-order valence-corrected chi connectivity index (χ4v) is 2.06. The van der Waals surface area contributed by atoms with E-state index in [1.165, 1.54) is 24.3 Å². The van der Waals surface area contributed by atoms with Gasteiger partial charge in [0.2, 0.25) is 0 Å². The van der Waals surface area contributed by atoms with Crippen LogP contribution < -0.4 is 0 Å². The highest BCUT2D eigenvalue weighted by Crippen LogP contribution is 2.25. The quantitative estimate of drug-likeness (QED) is 0.352. The number of hydrogen-bond donors (Lipinski definition) is 0. The molecule has 2 aromatic carbocycles. The molecule has 0 aliphatic heterocycles. The molecule has 0 radical (unpaired) electrons. The first kappa shape index (κ1) is 15.2. The van der Waals surface area contributed by atoms with Gasteiger partial charge < -0.3 is 0 Å². The zero-order valence-corrected chi connectivity index (χ0v) is 12.1. The zero-order chi connectivity index (χ0) is 15.4. The van der Waals surface area contributed by atoms with E-state index in [0.29, 0.717) is 16.1 Å². The highest BCUT2D eigenvalue weighted by atomic mass is 35.5. The fraction of sp³-hybridized carbons (Fsp3) is 0. The predicted octanol–water partition coefficient (Wildman–Crippen LogP) is 4.80. The Labute approximate surface area is 130 Å². The molecule has 0 unspecified atom stereocenters. The highest BCUT2D eigenvalue weighted by molar-refractivity contribution is 6.32. The van der Waals surface area contributed by atoms with Crippen LogP contribution in [0, 0.1) is 10.1 Å². The summed E-state index contributed by atoms with van der Waals surface area (Å²) in [5.41, 5.74) is 0.762. The Morgan fingerprint density at radius 3 is 2.57 bits per heavy atom. The van der Waals surface area contributed by atoms with Gasteiger partial charge in [0.25, 0.3) is 5.69 Å². The number of rotatable bonds is 4. The number of allylic oxidation sites excluding steroid dienone is 1. The van der Waals surface area contributed by atoms with Crippen molar-refractivity contribution in [3.63, 3.8) is 0 Å². The maximum absolute atomic E-state index is 12.0. The van der Waals surface area contributed by atoms with Gasteiger partial charge in [0, 0.05) is 16.7 Å². The smallest absolute Gasteiger partial charge is 0.288 e. The van der Waals surface area contributed by atoms with E-state index in [1.807, 2.05) is 0 Å². The van der Waals surface area contributed by atoms with Gasteiger partial charge in [-0.2, -0.15) is 0 Å². The second kappa shape index (κ2) is 6.52. The Kier molecular flexibility index (Phi) is 4.73. The molecule has 0 fully saturated rings. The molecule has 4 nitrogen and oxygen atoms in total. The third-order valence-electron chi connectivity index (χ3n) is 2.70. The minimum absolute atomic E-state index is 0.0540. The molecule has 21 heavy (non-hydrogen) atoms. The van der Waals surface area contributed by atoms with Crippen molar-refractivity contribution in [3.8, 4) is 0 Å². The number of hydrogen-bond acceptors (Lipinski definition) is 3. The molecule has 0 saturated carbocycles. The molecule has 0 bridgehead atoms. The number of benzene rings is 2. The van der Waals surface area contributed by atoms with Gasteiger partial charge in [-0.25, -0.2) is 0 Å². The lowest BCUT2D eigenvalue weighted by molar-refractivity contribution is -0.384. The van der Waals surface area contributed by atoms with E-state index in [4.69, 9.17) is 23.2 Å². The Bertz CT molecular complexity index is 741. The van der Waals surface area contributed by atoms with Crippen molar-refractivity contribution in [2.75, 3.05) is 0 Å². The molecule has 0 aliphatic carbocycles. The van der Waals surface area contributed by atoms with E-state index < -0.39 is 4.92 Å². The summed E-state index contributed by atoms with van der Waals surface area (Å²) < 4.78 is 0. The molecule has 0 amide bonds. The number of nitro groups is 1. The summed E-state index contributed by atoms with van der Waals surface area (Å²) in [5.74, 6) is -0.241. The SMILES string of the molecule is O=C(/C=C/c1ccc(Cl)c([N+](=O)[O-])c1)c1cccc(Cl)c1. The second-order valence-electron chi connectivity index (χ2n) is 4.18. The Balaban J connectivity index is 2.23. The van der Waals surface area contributed by atoms with Crippen molar-refractivity contribution in [3.05, 3.63) is 79.8 Å². The van der Waals surface area contributed by atoms with E-state index in [9.17, 15) is 14.9 Å². The van der Waals surface area contributed by atoms with Crippen molar-refractivity contribution >= 4 is 40.7 Å². The van der Waals surface area contributed by atoms with E-state index in [2.05, 4.69) is 0 Å². The van der Waals surface area contributed by atoms with Gasteiger partial charge in [-0.05, 0) is 29.8 Å². The minimum atomic E-state index is -0.571. The molecular weight excluding hydrogens is 313 g/mol. The van der Waals surface area contributed by atoms with E-state index in [1.54, 1.807) is 30.3 Å². The largest absolute Gasteiger partial charge is 0.289 e. The third kappa shape index (κ3) is 3.90. The van der Waals surface area contributed by atoms with Gasteiger partial charge >= 0.3 is 0 Å². The Morgan fingerprint density at radius 1 is 1.14 bits per heavy atom. The topological polar surface area (TPSA) is 60.2 Å². The summed E-state index contributed by atoms with van der Waals surface area (Å²) in [6.07, 6.45) is 2.82. The molecule has 2 rings (SSSR count). The summed E-state index contributed by atoms with van der Waals surface area (Å²) in [6.45, 7) is 0. The van der Waals surface area contributed by atoms with Crippen LogP contribution in [0.4, 0.5) is 5.69 Å². The summed E-state index contributed by atoms with van der Waals surface area (Å²) in [5, 5.41) is 11.3. The summed E-state index contributed by atoms with van der Waals surface area (Å²) in [7, 11) is 0. The van der Waals surface area contributed by atoms with Gasteiger partial charge in [0.1, 0.15) is 5.02 Å². The second-order valence-corrected chi connectivity index (χ2v) is 5.02. The molecule has 0 heterocycles. The van der Waals surface area contributed by atoms with Crippen LogP contribution in [0.5, 0.6) is 0 Å². The summed E-state index contributed by atoms with van der Waals surface area (Å²) >= 11 is 11.5. The zero-order valence-electron chi connectivity index (χ0n) is 10.6. The van der Waals surface area contributed by atoms with Gasteiger partial charge in [-0.15, -0.1) is 0 Å². The molecule has 6 heteroatoms. The van der Waals surface area contributed by atoms with E-state index in [0.717, 1.165) is 0 Å². The molecule has 0 saturated heterocycles. The lowest BCUT2D eigenvalue weighted by Gasteiger charge is -1.98. The number of halogens is 2. The lowest BCUT2D eigenvalue weighted by Crippen LogP contribution is -1.94. The number of carbonyl (C=O) groups is 1. The Morgan fingerprint density at radius 2 is 1.90 bits per heavy atom. The van der Waals surface area contributed by atoms with Crippen molar-refractivity contribution in [1.29, 1.82) is 0 Å². The molecule has 0 aliphatic rings. The maximum Gasteiger partial charge on any atom is 0.288 e.